The van der Waals surface area contributed by atoms with Gasteiger partial charge in [0.15, 0.2) is 5.75 Å². The maximum Gasteiger partial charge on any atom is 0.311 e. The first kappa shape index (κ1) is 28.1. The first-order valence-corrected chi connectivity index (χ1v) is 12.9. The zero-order chi connectivity index (χ0) is 27.2. The van der Waals surface area contributed by atoms with Gasteiger partial charge in [-0.2, -0.15) is 9.41 Å². The smallest absolute Gasteiger partial charge is 0.311 e. The van der Waals surface area contributed by atoms with Crippen molar-refractivity contribution in [1.82, 2.24) is 9.73 Å². The highest BCUT2D eigenvalue weighted by atomic mass is 35.5. The summed E-state index contributed by atoms with van der Waals surface area (Å²) in [4.78, 5) is 23.3. The lowest BCUT2D eigenvalue weighted by atomic mass is 10.2. The Balaban J connectivity index is 1.83. The molecule has 0 saturated carbocycles. The van der Waals surface area contributed by atoms with Crippen molar-refractivity contribution in [3.05, 3.63) is 97.5 Å². The molecule has 1 amide bonds. The molecule has 0 fully saturated rings. The molecule has 0 radical (unpaired) electrons. The summed E-state index contributed by atoms with van der Waals surface area (Å²) in [6.07, 6.45) is 1.19. The third kappa shape index (κ3) is 7.04. The fourth-order valence-electron chi connectivity index (χ4n) is 3.25. The molecule has 13 heteroatoms. The van der Waals surface area contributed by atoms with E-state index in [2.05, 4.69) is 10.5 Å². The number of carbonyl (C=O) groups is 1. The summed E-state index contributed by atoms with van der Waals surface area (Å²) in [5.41, 5.74) is 3.49. The number of nitrogens with one attached hydrogen (secondary N) is 1. The molecule has 0 aliphatic carbocycles. The number of carbonyl (C=O) groups excluding carboxylic acids is 1. The van der Waals surface area contributed by atoms with Crippen LogP contribution in [-0.2, 0) is 21.4 Å². The predicted octanol–water partition coefficient (Wildman–Crippen LogP) is 4.56. The molecule has 3 aromatic rings. The molecule has 0 spiro atoms. The topological polar surface area (TPSA) is 131 Å². The molecule has 10 nitrogen and oxygen atoms in total. The summed E-state index contributed by atoms with van der Waals surface area (Å²) >= 11 is 12.5. The summed E-state index contributed by atoms with van der Waals surface area (Å²) in [5.74, 6) is -0.681. The fourth-order valence-corrected chi connectivity index (χ4v) is 5.13. The maximum absolute atomic E-state index is 13.4. The Bertz CT molecular complexity index is 1430. The second-order valence-corrected chi connectivity index (χ2v) is 10.5. The van der Waals surface area contributed by atoms with E-state index in [0.29, 0.717) is 11.1 Å². The normalized spacial score (nSPS) is 11.6. The molecular formula is C24H22Cl2N4O6S. The predicted molar refractivity (Wildman–Crippen MR) is 141 cm³/mol. The van der Waals surface area contributed by atoms with Crippen LogP contribution < -0.4 is 10.2 Å². The lowest BCUT2D eigenvalue weighted by molar-refractivity contribution is -0.385. The molecule has 0 bridgehead atoms. The number of ether oxygens (including phenoxy) is 1. The maximum atomic E-state index is 13.4. The second-order valence-electron chi connectivity index (χ2n) is 7.77. The van der Waals surface area contributed by atoms with Gasteiger partial charge in [0, 0.05) is 33.8 Å². The molecule has 0 saturated heterocycles. The van der Waals surface area contributed by atoms with E-state index in [1.165, 1.54) is 43.7 Å². The third-order valence-corrected chi connectivity index (χ3v) is 7.69. The quantitative estimate of drug-likeness (QED) is 0.218. The second kappa shape index (κ2) is 12.2. The van der Waals surface area contributed by atoms with E-state index in [9.17, 15) is 23.3 Å². The average molecular weight is 565 g/mol. The van der Waals surface area contributed by atoms with Crippen molar-refractivity contribution in [2.75, 3.05) is 13.7 Å². The highest BCUT2D eigenvalue weighted by molar-refractivity contribution is 7.89. The van der Waals surface area contributed by atoms with Crippen molar-refractivity contribution in [2.45, 2.75) is 18.4 Å². The van der Waals surface area contributed by atoms with Gasteiger partial charge < -0.3 is 4.74 Å². The largest absolute Gasteiger partial charge is 0.490 e. The minimum absolute atomic E-state index is 0.0110. The van der Waals surface area contributed by atoms with Crippen LogP contribution in [0.5, 0.6) is 5.75 Å². The van der Waals surface area contributed by atoms with Gasteiger partial charge in [-0.1, -0.05) is 47.0 Å². The molecule has 0 aromatic heterocycles. The number of hydrogen-bond acceptors (Lipinski definition) is 7. The van der Waals surface area contributed by atoms with Crippen LogP contribution in [0.15, 0.2) is 70.7 Å². The summed E-state index contributed by atoms with van der Waals surface area (Å²) in [6, 6.07) is 15.1. The summed E-state index contributed by atoms with van der Waals surface area (Å²) in [5, 5.41) is 15.5. The van der Waals surface area contributed by atoms with E-state index in [1.54, 1.807) is 30.3 Å². The molecule has 3 aromatic carbocycles. The lowest BCUT2D eigenvalue weighted by Gasteiger charge is -2.22. The van der Waals surface area contributed by atoms with Crippen molar-refractivity contribution in [3.8, 4) is 5.75 Å². The summed E-state index contributed by atoms with van der Waals surface area (Å²) < 4.78 is 32.7. The number of halogens is 2. The number of nitro benzene ring substituents is 1. The lowest BCUT2D eigenvalue weighted by Crippen LogP contribution is -2.39. The zero-order valence-electron chi connectivity index (χ0n) is 19.7. The van der Waals surface area contributed by atoms with Crippen LogP contribution in [0.25, 0.3) is 0 Å². The van der Waals surface area contributed by atoms with E-state index >= 15 is 0 Å². The Morgan fingerprint density at radius 2 is 1.78 bits per heavy atom. The molecule has 3 rings (SSSR count). The van der Waals surface area contributed by atoms with Crippen molar-refractivity contribution < 1.29 is 22.9 Å². The number of amides is 1. The number of aryl methyl sites for hydroxylation is 1. The number of hydrogen-bond donors (Lipinski definition) is 1. The minimum atomic E-state index is -4.13. The number of nitro groups is 1. The standard InChI is InChI=1S/C24H22Cl2N4O6S/c1-16-6-9-18(10-7-16)37(34,35)29(14-19-20(25)4-3-5-21(19)26)15-24(31)28-27-13-17-8-11-23(36-2)22(12-17)30(32)33/h3-13H,14-15H2,1-2H3,(H,28,31)/b27-13-. The molecule has 0 unspecified atom stereocenters. The van der Waals surface area contributed by atoms with Gasteiger partial charge in [-0.15, -0.1) is 0 Å². The minimum Gasteiger partial charge on any atom is -0.490 e. The summed E-state index contributed by atoms with van der Waals surface area (Å²) in [6.45, 7) is 0.953. The first-order chi connectivity index (χ1) is 17.5. The van der Waals surface area contributed by atoms with E-state index in [1.807, 2.05) is 6.92 Å². The molecule has 0 aliphatic rings. The van der Waals surface area contributed by atoms with Crippen molar-refractivity contribution in [1.29, 1.82) is 0 Å². The highest BCUT2D eigenvalue weighted by Gasteiger charge is 2.28. The van der Waals surface area contributed by atoms with E-state index < -0.39 is 27.4 Å². The van der Waals surface area contributed by atoms with Gasteiger partial charge in [-0.05, 0) is 43.3 Å². The summed E-state index contributed by atoms with van der Waals surface area (Å²) in [7, 11) is -2.82. The van der Waals surface area contributed by atoms with E-state index in [-0.39, 0.29) is 32.9 Å². The molecule has 0 atom stereocenters. The van der Waals surface area contributed by atoms with Crippen molar-refractivity contribution >= 4 is 51.0 Å². The Kier molecular flexibility index (Phi) is 9.22. The van der Waals surface area contributed by atoms with E-state index in [4.69, 9.17) is 27.9 Å². The van der Waals surface area contributed by atoms with Crippen LogP contribution in [0.2, 0.25) is 10.0 Å². The SMILES string of the molecule is COc1ccc(/C=N\NC(=O)CN(Cc2c(Cl)cccc2Cl)S(=O)(=O)c2ccc(C)cc2)cc1[N+](=O)[O-]. The third-order valence-electron chi connectivity index (χ3n) is 5.18. The van der Waals surface area contributed by atoms with Crippen molar-refractivity contribution in [3.63, 3.8) is 0 Å². The van der Waals surface area contributed by atoms with Gasteiger partial charge in [0.25, 0.3) is 5.91 Å². The first-order valence-electron chi connectivity index (χ1n) is 10.7. The fraction of sp³-hybridized carbons (Fsp3) is 0.167. The van der Waals surface area contributed by atoms with Crippen LogP contribution in [0.1, 0.15) is 16.7 Å². The molecular weight excluding hydrogens is 543 g/mol. The number of methoxy groups -OCH3 is 1. The van der Waals surface area contributed by atoms with Gasteiger partial charge in [-0.3, -0.25) is 14.9 Å². The van der Waals surface area contributed by atoms with Crippen molar-refractivity contribution in [2.24, 2.45) is 5.10 Å². The van der Waals surface area contributed by atoms with Gasteiger partial charge in [0.05, 0.1) is 29.7 Å². The Morgan fingerprint density at radius 3 is 2.38 bits per heavy atom. The van der Waals surface area contributed by atoms with Gasteiger partial charge in [-0.25, -0.2) is 13.8 Å². The van der Waals surface area contributed by atoms with Crippen LogP contribution in [0.4, 0.5) is 5.69 Å². The molecule has 0 heterocycles. The number of sulfonamides is 1. The number of benzene rings is 3. The monoisotopic (exact) mass is 564 g/mol. The average Bonchev–Trinajstić information content (AvgIpc) is 2.85. The molecule has 194 valence electrons. The highest BCUT2D eigenvalue weighted by Crippen LogP contribution is 2.29. The van der Waals surface area contributed by atoms with E-state index in [0.717, 1.165) is 9.87 Å². The number of nitrogens with zero attached hydrogens (tertiary/aromatic N) is 3. The number of hydrazone groups is 1. The Morgan fingerprint density at radius 1 is 1.14 bits per heavy atom. The van der Waals surface area contributed by atoms with Crippen LogP contribution in [-0.4, -0.2) is 43.4 Å². The Labute approximate surface area is 223 Å². The van der Waals surface area contributed by atoms with Gasteiger partial charge in [0.1, 0.15) is 0 Å². The molecule has 1 N–H and O–H groups in total. The zero-order valence-corrected chi connectivity index (χ0v) is 22.0. The molecule has 37 heavy (non-hydrogen) atoms. The van der Waals surface area contributed by atoms with Gasteiger partial charge >= 0.3 is 5.69 Å². The molecule has 0 aliphatic heterocycles. The van der Waals surface area contributed by atoms with Crippen LogP contribution in [0, 0.1) is 17.0 Å². The Hall–Kier alpha value is -3.51. The van der Waals surface area contributed by atoms with Crippen LogP contribution >= 0.6 is 23.2 Å². The van der Waals surface area contributed by atoms with Crippen LogP contribution in [0.3, 0.4) is 0 Å². The van der Waals surface area contributed by atoms with Gasteiger partial charge in [0.2, 0.25) is 10.0 Å². The number of rotatable bonds is 10.